The Kier molecular flexibility index (Phi) is 7.06. The second-order valence-corrected chi connectivity index (χ2v) is 8.37. The fourth-order valence-electron chi connectivity index (χ4n) is 2.77. The van der Waals surface area contributed by atoms with E-state index >= 15 is 0 Å². The average Bonchev–Trinajstić information content (AvgIpc) is 3.44. The van der Waals surface area contributed by atoms with Crippen molar-refractivity contribution in [3.63, 3.8) is 0 Å². The summed E-state index contributed by atoms with van der Waals surface area (Å²) in [5.74, 6) is 2.24. The van der Waals surface area contributed by atoms with Crippen molar-refractivity contribution >= 4 is 39.3 Å². The number of ether oxygens (including phenoxy) is 1. The van der Waals surface area contributed by atoms with Crippen LogP contribution in [0.25, 0.3) is 0 Å². The average molecular weight is 499 g/mol. The quantitative estimate of drug-likeness (QED) is 0.327. The van der Waals surface area contributed by atoms with Gasteiger partial charge in [-0.1, -0.05) is 45.9 Å². The molecule has 0 aliphatic heterocycles. The van der Waals surface area contributed by atoms with E-state index in [4.69, 9.17) is 9.15 Å². The molecule has 0 radical (unpaired) electrons. The predicted molar refractivity (Wildman–Crippen MR) is 122 cm³/mol. The zero-order valence-corrected chi connectivity index (χ0v) is 18.8. The number of halogens is 1. The predicted octanol–water partition coefficient (Wildman–Crippen LogP) is 4.99. The van der Waals surface area contributed by atoms with Crippen molar-refractivity contribution in [1.82, 2.24) is 14.8 Å². The van der Waals surface area contributed by atoms with Gasteiger partial charge < -0.3 is 14.5 Å². The summed E-state index contributed by atoms with van der Waals surface area (Å²) in [4.78, 5) is 12.4. The van der Waals surface area contributed by atoms with Gasteiger partial charge in [-0.15, -0.1) is 10.2 Å². The molecule has 2 aromatic heterocycles. The number of carbonyl (C=O) groups is 1. The van der Waals surface area contributed by atoms with Gasteiger partial charge in [-0.2, -0.15) is 0 Å². The third-order valence-electron chi connectivity index (χ3n) is 4.26. The second kappa shape index (κ2) is 10.3. The van der Waals surface area contributed by atoms with Crippen molar-refractivity contribution < 1.29 is 13.9 Å². The van der Waals surface area contributed by atoms with E-state index in [1.807, 2.05) is 71.3 Å². The van der Waals surface area contributed by atoms with Gasteiger partial charge in [0.05, 0.1) is 18.6 Å². The minimum atomic E-state index is -0.123. The maximum absolute atomic E-state index is 12.4. The number of aromatic nitrogens is 3. The first-order chi connectivity index (χ1) is 15.2. The van der Waals surface area contributed by atoms with Gasteiger partial charge in [0.15, 0.2) is 11.0 Å². The minimum Gasteiger partial charge on any atom is -0.486 e. The zero-order valence-electron chi connectivity index (χ0n) is 16.4. The van der Waals surface area contributed by atoms with Crippen molar-refractivity contribution in [2.75, 3.05) is 11.1 Å². The smallest absolute Gasteiger partial charge is 0.234 e. The highest BCUT2D eigenvalue weighted by Gasteiger charge is 2.16. The van der Waals surface area contributed by atoms with Crippen LogP contribution in [-0.2, 0) is 17.9 Å². The first kappa shape index (κ1) is 21.2. The summed E-state index contributed by atoms with van der Waals surface area (Å²) in [6, 6.07) is 20.7. The molecule has 7 nitrogen and oxygen atoms in total. The van der Waals surface area contributed by atoms with Gasteiger partial charge in [0.1, 0.15) is 18.1 Å². The topological polar surface area (TPSA) is 82.2 Å². The maximum Gasteiger partial charge on any atom is 0.234 e. The van der Waals surface area contributed by atoms with Crippen LogP contribution in [0.1, 0.15) is 11.6 Å². The van der Waals surface area contributed by atoms with Gasteiger partial charge in [-0.25, -0.2) is 0 Å². The second-order valence-electron chi connectivity index (χ2n) is 6.51. The normalized spacial score (nSPS) is 10.7. The Labute approximate surface area is 191 Å². The lowest BCUT2D eigenvalue weighted by molar-refractivity contribution is -0.113. The van der Waals surface area contributed by atoms with Crippen LogP contribution < -0.4 is 10.1 Å². The Morgan fingerprint density at radius 3 is 2.61 bits per heavy atom. The number of benzene rings is 2. The molecule has 0 saturated carbocycles. The van der Waals surface area contributed by atoms with Crippen LogP contribution in [0, 0.1) is 0 Å². The number of furan rings is 1. The zero-order chi connectivity index (χ0) is 21.5. The molecule has 4 rings (SSSR count). The molecule has 2 aromatic carbocycles. The summed E-state index contributed by atoms with van der Waals surface area (Å²) in [5.41, 5.74) is 0.739. The third kappa shape index (κ3) is 5.99. The lowest BCUT2D eigenvalue weighted by Gasteiger charge is -2.10. The van der Waals surface area contributed by atoms with Crippen molar-refractivity contribution in [3.8, 4) is 5.75 Å². The van der Waals surface area contributed by atoms with E-state index in [0.717, 1.165) is 21.7 Å². The van der Waals surface area contributed by atoms with Crippen LogP contribution in [0.4, 0.5) is 5.69 Å². The Balaban J connectivity index is 1.43. The van der Waals surface area contributed by atoms with Crippen LogP contribution in [0.15, 0.2) is 87.0 Å². The number of anilines is 1. The van der Waals surface area contributed by atoms with Crippen molar-refractivity contribution in [1.29, 1.82) is 0 Å². The molecule has 0 aliphatic carbocycles. The number of amides is 1. The Hall–Kier alpha value is -3.04. The minimum absolute atomic E-state index is 0.123. The van der Waals surface area contributed by atoms with Crippen LogP contribution in [0.5, 0.6) is 5.75 Å². The van der Waals surface area contributed by atoms with Gasteiger partial charge in [-0.05, 0) is 48.5 Å². The van der Waals surface area contributed by atoms with Gasteiger partial charge in [0.25, 0.3) is 0 Å². The molecule has 0 fully saturated rings. The molecule has 0 atom stereocenters. The number of nitrogens with zero attached hydrogens (tertiary/aromatic N) is 3. The summed E-state index contributed by atoms with van der Waals surface area (Å²) in [7, 11) is 0. The van der Waals surface area contributed by atoms with Gasteiger partial charge in [-0.3, -0.25) is 9.36 Å². The summed E-state index contributed by atoms with van der Waals surface area (Å²) in [6.07, 6.45) is 1.62. The van der Waals surface area contributed by atoms with E-state index in [0.29, 0.717) is 17.5 Å². The summed E-state index contributed by atoms with van der Waals surface area (Å²) in [6.45, 7) is 0.702. The van der Waals surface area contributed by atoms with Gasteiger partial charge >= 0.3 is 0 Å². The molecule has 0 bridgehead atoms. The highest BCUT2D eigenvalue weighted by Crippen LogP contribution is 2.21. The van der Waals surface area contributed by atoms with Gasteiger partial charge in [0, 0.05) is 10.2 Å². The first-order valence-electron chi connectivity index (χ1n) is 9.48. The highest BCUT2D eigenvalue weighted by atomic mass is 79.9. The first-order valence-corrected chi connectivity index (χ1v) is 11.3. The van der Waals surface area contributed by atoms with Crippen LogP contribution in [0.3, 0.4) is 0 Å². The Morgan fingerprint density at radius 2 is 1.87 bits per heavy atom. The van der Waals surface area contributed by atoms with Crippen LogP contribution in [0.2, 0.25) is 0 Å². The van der Waals surface area contributed by atoms with E-state index in [9.17, 15) is 4.79 Å². The molecule has 31 heavy (non-hydrogen) atoms. The fourth-order valence-corrected chi connectivity index (χ4v) is 3.80. The SMILES string of the molecule is O=C(CSc1nnc(COc2ccccc2)n1Cc1ccco1)Nc1ccc(Br)cc1. The van der Waals surface area contributed by atoms with E-state index in [1.165, 1.54) is 11.8 Å². The Bertz CT molecular complexity index is 1120. The standard InChI is InChI=1S/C22H19BrN4O3S/c23-16-8-10-17(11-9-16)24-21(28)15-31-22-26-25-20(14-30-18-5-2-1-3-6-18)27(22)13-19-7-4-12-29-19/h1-12H,13-15H2,(H,24,28). The molecule has 9 heteroatoms. The summed E-state index contributed by atoms with van der Waals surface area (Å²) >= 11 is 4.70. The number of nitrogens with one attached hydrogen (secondary N) is 1. The molecule has 2 heterocycles. The fraction of sp³-hybridized carbons (Fsp3) is 0.136. The number of hydrogen-bond donors (Lipinski definition) is 1. The number of rotatable bonds is 9. The molecule has 0 unspecified atom stereocenters. The van der Waals surface area contributed by atoms with E-state index in [-0.39, 0.29) is 18.3 Å². The van der Waals surface area contributed by atoms with E-state index < -0.39 is 0 Å². The summed E-state index contributed by atoms with van der Waals surface area (Å²) < 4.78 is 14.2. The largest absolute Gasteiger partial charge is 0.486 e. The molecule has 1 amide bonds. The monoisotopic (exact) mass is 498 g/mol. The van der Waals surface area contributed by atoms with Crippen LogP contribution in [-0.4, -0.2) is 26.4 Å². The van der Waals surface area contributed by atoms with E-state index in [2.05, 4.69) is 31.4 Å². The Morgan fingerprint density at radius 1 is 1.06 bits per heavy atom. The lowest BCUT2D eigenvalue weighted by atomic mass is 10.3. The number of thioether (sulfide) groups is 1. The molecule has 0 spiro atoms. The molecule has 0 saturated heterocycles. The molecular weight excluding hydrogens is 480 g/mol. The number of carbonyl (C=O) groups excluding carboxylic acids is 1. The highest BCUT2D eigenvalue weighted by molar-refractivity contribution is 9.10. The maximum atomic E-state index is 12.4. The molecule has 1 N–H and O–H groups in total. The van der Waals surface area contributed by atoms with Crippen molar-refractivity contribution in [2.45, 2.75) is 18.3 Å². The van der Waals surface area contributed by atoms with Crippen molar-refractivity contribution in [2.24, 2.45) is 0 Å². The molecule has 0 aliphatic rings. The number of hydrogen-bond acceptors (Lipinski definition) is 6. The summed E-state index contributed by atoms with van der Waals surface area (Å²) in [5, 5.41) is 12.0. The van der Waals surface area contributed by atoms with E-state index in [1.54, 1.807) is 6.26 Å². The van der Waals surface area contributed by atoms with Crippen molar-refractivity contribution in [3.05, 3.63) is 89.1 Å². The third-order valence-corrected chi connectivity index (χ3v) is 5.75. The molecular formula is C22H19BrN4O3S. The van der Waals surface area contributed by atoms with Gasteiger partial charge in [0.2, 0.25) is 5.91 Å². The number of para-hydroxylation sites is 1. The van der Waals surface area contributed by atoms with Crippen LogP contribution >= 0.6 is 27.7 Å². The lowest BCUT2D eigenvalue weighted by Crippen LogP contribution is -2.15. The molecule has 4 aromatic rings. The molecule has 158 valence electrons.